The Hall–Kier alpha value is -2.99. The average Bonchev–Trinajstić information content (AvgIpc) is 2.65. The molecule has 1 N–H and O–H groups in total. The summed E-state index contributed by atoms with van der Waals surface area (Å²) in [4.78, 5) is 13.5. The van der Waals surface area contributed by atoms with E-state index in [1.165, 1.54) is 0 Å². The van der Waals surface area contributed by atoms with Crippen LogP contribution in [0.2, 0.25) is 0 Å². The molecule has 0 saturated heterocycles. The summed E-state index contributed by atoms with van der Waals surface area (Å²) in [5.41, 5.74) is 4.84. The van der Waals surface area contributed by atoms with Crippen molar-refractivity contribution in [2.45, 2.75) is 26.9 Å². The molecule has 0 bridgehead atoms. The van der Waals surface area contributed by atoms with Crippen molar-refractivity contribution in [3.63, 3.8) is 0 Å². The smallest absolute Gasteiger partial charge is 0.226 e. The number of methoxy groups -OCH3 is 1. The number of aromatic nitrogens is 3. The van der Waals surface area contributed by atoms with Gasteiger partial charge in [0.1, 0.15) is 5.76 Å². The minimum Gasteiger partial charge on any atom is -0.497 e. The van der Waals surface area contributed by atoms with Crippen LogP contribution in [0.25, 0.3) is 5.57 Å². The molecule has 134 valence electrons. The maximum absolute atomic E-state index is 9.59. The van der Waals surface area contributed by atoms with E-state index >= 15 is 0 Å². The average molecular weight is 351 g/mol. The summed E-state index contributed by atoms with van der Waals surface area (Å²) in [6, 6.07) is 0. The Morgan fingerprint density at radius 1 is 1.31 bits per heavy atom. The first-order valence-electron chi connectivity index (χ1n) is 8.19. The molecule has 26 heavy (non-hydrogen) atoms. The van der Waals surface area contributed by atoms with Crippen LogP contribution in [-0.4, -0.2) is 27.2 Å². The molecule has 1 aliphatic rings. The number of fused-ring (bicyclic) bond motifs is 2. The largest absolute Gasteiger partial charge is 0.497 e. The number of aryl methyl sites for hydroxylation is 2. The highest BCUT2D eigenvalue weighted by atomic mass is 16.5. The number of hydrogen-bond donors (Lipinski definition) is 1. The van der Waals surface area contributed by atoms with Gasteiger partial charge in [0, 0.05) is 40.6 Å². The van der Waals surface area contributed by atoms with Gasteiger partial charge in [0.15, 0.2) is 11.6 Å². The Morgan fingerprint density at radius 2 is 2.08 bits per heavy atom. The molecule has 2 aromatic rings. The van der Waals surface area contributed by atoms with E-state index in [2.05, 4.69) is 28.1 Å². The molecule has 2 aromatic heterocycles. The monoisotopic (exact) mass is 351 g/mol. The van der Waals surface area contributed by atoms with Crippen LogP contribution in [0.15, 0.2) is 37.3 Å². The molecular formula is C20H21N3O3. The molecule has 0 fully saturated rings. The van der Waals surface area contributed by atoms with Gasteiger partial charge in [-0.3, -0.25) is 4.98 Å². The van der Waals surface area contributed by atoms with Crippen LogP contribution in [-0.2, 0) is 17.8 Å². The van der Waals surface area contributed by atoms with Gasteiger partial charge in [-0.1, -0.05) is 19.2 Å². The van der Waals surface area contributed by atoms with Gasteiger partial charge in [-0.05, 0) is 19.9 Å². The molecule has 0 radical (unpaired) electrons. The van der Waals surface area contributed by atoms with Crippen molar-refractivity contribution in [2.24, 2.45) is 0 Å². The predicted octanol–water partition coefficient (Wildman–Crippen LogP) is 3.41. The number of pyridine rings is 1. The van der Waals surface area contributed by atoms with E-state index in [9.17, 15) is 5.11 Å². The summed E-state index contributed by atoms with van der Waals surface area (Å²) >= 11 is 0. The maximum atomic E-state index is 9.59. The normalized spacial score (nSPS) is 12.7. The van der Waals surface area contributed by atoms with Crippen LogP contribution in [0.1, 0.15) is 33.9 Å². The second-order valence-electron chi connectivity index (χ2n) is 6.00. The summed E-state index contributed by atoms with van der Waals surface area (Å²) < 4.78 is 11.2. The summed E-state index contributed by atoms with van der Waals surface area (Å²) in [6.45, 7) is 11.3. The first kappa shape index (κ1) is 17.8. The van der Waals surface area contributed by atoms with Gasteiger partial charge in [0.05, 0.1) is 19.4 Å². The Balaban J connectivity index is 2.10. The Labute approximate surface area is 152 Å². The van der Waals surface area contributed by atoms with Crippen molar-refractivity contribution >= 4 is 5.57 Å². The van der Waals surface area contributed by atoms with E-state index in [-0.39, 0.29) is 6.61 Å². The van der Waals surface area contributed by atoms with Crippen molar-refractivity contribution in [3.8, 4) is 11.6 Å². The fourth-order valence-electron chi connectivity index (χ4n) is 2.85. The van der Waals surface area contributed by atoms with Gasteiger partial charge in [-0.15, -0.1) is 0 Å². The fourth-order valence-corrected chi connectivity index (χ4v) is 2.85. The van der Waals surface area contributed by atoms with Crippen LogP contribution < -0.4 is 4.74 Å². The van der Waals surface area contributed by atoms with Crippen molar-refractivity contribution in [3.05, 3.63) is 71.2 Å². The van der Waals surface area contributed by atoms with Gasteiger partial charge >= 0.3 is 0 Å². The SMILES string of the molecule is C=C/C(=C\C(=C)OC)c1nc(C)c2c(n1)Oc1c(C)ncc(CO)c1C2. The van der Waals surface area contributed by atoms with Gasteiger partial charge in [-0.25, -0.2) is 4.98 Å². The van der Waals surface area contributed by atoms with Crippen LogP contribution in [0, 0.1) is 13.8 Å². The van der Waals surface area contributed by atoms with E-state index in [1.807, 2.05) is 13.8 Å². The standard InChI is InChI=1S/C20H21N3O3/c1-6-14(7-11(2)25-5)19-22-12(3)16-8-17-15(10-24)9-21-13(4)18(17)26-20(16)23-19/h6-7,9,24H,1-2,8,10H2,3-5H3/b14-7+. The van der Waals surface area contributed by atoms with E-state index in [0.29, 0.717) is 35.2 Å². The number of allylic oxidation sites excluding steroid dienone is 3. The first-order chi connectivity index (χ1) is 12.5. The predicted molar refractivity (Wildman–Crippen MR) is 98.9 cm³/mol. The van der Waals surface area contributed by atoms with Gasteiger partial charge in [0.25, 0.3) is 0 Å². The quantitative estimate of drug-likeness (QED) is 0.561. The number of rotatable bonds is 5. The molecule has 0 saturated carbocycles. The van der Waals surface area contributed by atoms with Crippen LogP contribution >= 0.6 is 0 Å². The topological polar surface area (TPSA) is 77.4 Å². The van der Waals surface area contributed by atoms with Crippen LogP contribution in [0.5, 0.6) is 11.6 Å². The molecule has 6 nitrogen and oxygen atoms in total. The Kier molecular flexibility index (Phi) is 4.86. The molecule has 0 spiro atoms. The van der Waals surface area contributed by atoms with Crippen LogP contribution in [0.3, 0.4) is 0 Å². The molecule has 0 atom stereocenters. The fraction of sp³-hybridized carbons (Fsp3) is 0.250. The molecule has 0 unspecified atom stereocenters. The lowest BCUT2D eigenvalue weighted by Crippen LogP contribution is -2.13. The zero-order valence-corrected chi connectivity index (χ0v) is 15.2. The minimum atomic E-state index is -0.0885. The lowest BCUT2D eigenvalue weighted by molar-refractivity contribution is 0.278. The van der Waals surface area contributed by atoms with E-state index in [4.69, 9.17) is 9.47 Å². The molecule has 0 amide bonds. The molecule has 3 rings (SSSR count). The van der Waals surface area contributed by atoms with E-state index in [1.54, 1.807) is 25.5 Å². The second-order valence-corrected chi connectivity index (χ2v) is 6.00. The summed E-state index contributed by atoms with van der Waals surface area (Å²) in [5.74, 6) is 2.12. The third-order valence-electron chi connectivity index (χ3n) is 4.36. The molecular weight excluding hydrogens is 330 g/mol. The van der Waals surface area contributed by atoms with Crippen molar-refractivity contribution in [1.82, 2.24) is 15.0 Å². The highest BCUT2D eigenvalue weighted by Gasteiger charge is 2.26. The highest BCUT2D eigenvalue weighted by molar-refractivity contribution is 5.71. The van der Waals surface area contributed by atoms with Gasteiger partial charge < -0.3 is 14.6 Å². The Bertz CT molecular complexity index is 932. The first-order valence-corrected chi connectivity index (χ1v) is 8.19. The molecule has 3 heterocycles. The number of hydrogen-bond acceptors (Lipinski definition) is 6. The molecule has 1 aliphatic heterocycles. The minimum absolute atomic E-state index is 0.0885. The number of aliphatic hydroxyl groups excluding tert-OH is 1. The second kappa shape index (κ2) is 7.09. The van der Waals surface area contributed by atoms with E-state index < -0.39 is 0 Å². The third kappa shape index (κ3) is 3.11. The Morgan fingerprint density at radius 3 is 2.73 bits per heavy atom. The van der Waals surface area contributed by atoms with Crippen molar-refractivity contribution < 1.29 is 14.6 Å². The third-order valence-corrected chi connectivity index (χ3v) is 4.36. The van der Waals surface area contributed by atoms with Gasteiger partial charge in [-0.2, -0.15) is 4.98 Å². The van der Waals surface area contributed by atoms with Crippen molar-refractivity contribution in [2.75, 3.05) is 7.11 Å². The maximum Gasteiger partial charge on any atom is 0.226 e. The highest BCUT2D eigenvalue weighted by Crippen LogP contribution is 2.39. The number of nitrogens with zero attached hydrogens (tertiary/aromatic N) is 3. The number of ether oxygens (including phenoxy) is 2. The number of aliphatic hydroxyl groups is 1. The van der Waals surface area contributed by atoms with Crippen LogP contribution in [0.4, 0.5) is 0 Å². The molecule has 0 aromatic carbocycles. The lowest BCUT2D eigenvalue weighted by Gasteiger charge is -2.24. The lowest BCUT2D eigenvalue weighted by atomic mass is 9.97. The molecule has 6 heteroatoms. The summed E-state index contributed by atoms with van der Waals surface area (Å²) in [6.07, 6.45) is 5.65. The van der Waals surface area contributed by atoms with Gasteiger partial charge in [0.2, 0.25) is 5.88 Å². The summed E-state index contributed by atoms with van der Waals surface area (Å²) in [5, 5.41) is 9.59. The van der Waals surface area contributed by atoms with Crippen molar-refractivity contribution in [1.29, 1.82) is 0 Å². The summed E-state index contributed by atoms with van der Waals surface area (Å²) in [7, 11) is 1.55. The zero-order valence-electron chi connectivity index (χ0n) is 15.2. The van der Waals surface area contributed by atoms with E-state index in [0.717, 1.165) is 28.1 Å². The molecule has 0 aliphatic carbocycles. The zero-order chi connectivity index (χ0) is 18.8.